The molecule has 0 radical (unpaired) electrons. The quantitative estimate of drug-likeness (QED) is 0.138. The first-order chi connectivity index (χ1) is 27.2. The van der Waals surface area contributed by atoms with Gasteiger partial charge in [0.1, 0.15) is 17.2 Å². The second-order valence-corrected chi connectivity index (χ2v) is 15.3. The van der Waals surface area contributed by atoms with Gasteiger partial charge in [0.05, 0.1) is 54.5 Å². The van der Waals surface area contributed by atoms with Gasteiger partial charge in [0.2, 0.25) is 11.8 Å². The standard InChI is InChI=1S/C41H33Cl2F3N4O7/c1-56-30-15-24(51)16-31(57-2)33(30)34-25-12-13-26-32(38(54)49(36(26)52)19-20-6-4-3-5-7-20)27(25)17-28-37(53)50(39(55)40(28,34)21-8-10-23(42)11-9-21)48-35-29(43)14-22(18-47-35)41(44,45)46/h3-12,14-16,18,26-28,32,34,51H,13,17,19H2,1-2H3,(H,47,48). The number of rotatable bonds is 8. The van der Waals surface area contributed by atoms with Crippen LogP contribution in [0.25, 0.3) is 0 Å². The number of pyridine rings is 1. The Morgan fingerprint density at radius 1 is 0.912 bits per heavy atom. The van der Waals surface area contributed by atoms with Crippen LogP contribution in [0.1, 0.15) is 41.0 Å². The molecule has 0 spiro atoms. The Balaban J connectivity index is 1.34. The number of allylic oxidation sites excluding steroid dienone is 2. The molecule has 11 nitrogen and oxygen atoms in total. The van der Waals surface area contributed by atoms with E-state index < -0.39 is 75.3 Å². The number of halogens is 5. The number of fused-ring (bicyclic) bond motifs is 4. The van der Waals surface area contributed by atoms with Crippen LogP contribution in [0, 0.1) is 23.7 Å². The molecule has 16 heteroatoms. The number of alkyl halides is 3. The summed E-state index contributed by atoms with van der Waals surface area (Å²) in [5.74, 6) is -7.59. The summed E-state index contributed by atoms with van der Waals surface area (Å²) >= 11 is 12.6. The third-order valence-electron chi connectivity index (χ3n) is 11.6. The van der Waals surface area contributed by atoms with Crippen molar-refractivity contribution in [3.8, 4) is 17.2 Å². The summed E-state index contributed by atoms with van der Waals surface area (Å²) in [7, 11) is 2.73. The van der Waals surface area contributed by atoms with Crippen molar-refractivity contribution in [1.29, 1.82) is 0 Å². The number of likely N-dealkylation sites (tertiary alicyclic amines) is 1. The largest absolute Gasteiger partial charge is 0.508 e. The minimum absolute atomic E-state index is 0.0464. The van der Waals surface area contributed by atoms with Crippen molar-refractivity contribution < 1.29 is 46.9 Å². The molecule has 1 saturated carbocycles. The van der Waals surface area contributed by atoms with Gasteiger partial charge >= 0.3 is 6.18 Å². The fourth-order valence-corrected chi connectivity index (χ4v) is 9.63. The Hall–Kier alpha value is -5.60. The number of carbonyl (C=O) groups is 4. The fraction of sp³-hybridized carbons (Fsp3) is 0.293. The molecule has 4 aliphatic rings. The van der Waals surface area contributed by atoms with Crippen LogP contribution in [0.3, 0.4) is 0 Å². The predicted octanol–water partition coefficient (Wildman–Crippen LogP) is 7.32. The highest BCUT2D eigenvalue weighted by molar-refractivity contribution is 6.33. The minimum atomic E-state index is -4.77. The maximum absolute atomic E-state index is 15.5. The normalized spacial score (nSPS) is 25.5. The number of ether oxygens (including phenoxy) is 2. The second kappa shape index (κ2) is 14.1. The fourth-order valence-electron chi connectivity index (χ4n) is 9.29. The third kappa shape index (κ3) is 5.99. The van der Waals surface area contributed by atoms with Gasteiger partial charge in [-0.15, -0.1) is 0 Å². The SMILES string of the molecule is COc1cc(O)cc(OC)c1C1C2=CCC3C(=O)N(Cc4ccccc4)C(=O)C3C2CC2C(=O)N(Nc3ncc(C(F)(F)F)cc3Cl)C(=O)C21c1ccc(Cl)cc1. The average Bonchev–Trinajstić information content (AvgIpc) is 3.55. The van der Waals surface area contributed by atoms with E-state index in [1.807, 2.05) is 36.4 Å². The summed E-state index contributed by atoms with van der Waals surface area (Å²) in [4.78, 5) is 64.1. The number of imide groups is 2. The van der Waals surface area contributed by atoms with Crippen molar-refractivity contribution in [2.75, 3.05) is 19.6 Å². The highest BCUT2D eigenvalue weighted by atomic mass is 35.5. The van der Waals surface area contributed by atoms with Gasteiger partial charge in [0.15, 0.2) is 5.82 Å². The number of hydrogen-bond donors (Lipinski definition) is 2. The number of carbonyl (C=O) groups excluding carboxylic acids is 4. The number of phenolic OH excluding ortho intramolecular Hbond substituents is 1. The lowest BCUT2D eigenvalue weighted by molar-refractivity contribution is -0.142. The molecule has 2 N–H and O–H groups in total. The Morgan fingerprint density at radius 3 is 2.19 bits per heavy atom. The lowest BCUT2D eigenvalue weighted by Crippen LogP contribution is -2.53. The van der Waals surface area contributed by atoms with Crippen LogP contribution in [0.2, 0.25) is 10.0 Å². The Kier molecular flexibility index (Phi) is 9.47. The second-order valence-electron chi connectivity index (χ2n) is 14.4. The van der Waals surface area contributed by atoms with E-state index in [0.717, 1.165) is 5.56 Å². The highest BCUT2D eigenvalue weighted by Gasteiger charge is 2.71. The topological polar surface area (TPSA) is 138 Å². The van der Waals surface area contributed by atoms with Gasteiger partial charge < -0.3 is 14.6 Å². The first kappa shape index (κ1) is 38.3. The molecule has 6 atom stereocenters. The number of aromatic hydroxyl groups is 1. The molecule has 2 aliphatic carbocycles. The van der Waals surface area contributed by atoms with Crippen LogP contribution in [0.4, 0.5) is 19.0 Å². The molecule has 8 rings (SSSR count). The summed E-state index contributed by atoms with van der Waals surface area (Å²) in [6.07, 6.45) is -2.34. The van der Waals surface area contributed by atoms with Crippen LogP contribution >= 0.6 is 23.2 Å². The van der Waals surface area contributed by atoms with E-state index >= 15 is 4.79 Å². The number of hydrogen-bond acceptors (Lipinski definition) is 9. The molecule has 294 valence electrons. The summed E-state index contributed by atoms with van der Waals surface area (Å²) in [6, 6.07) is 18.7. The number of methoxy groups -OCH3 is 2. The lowest BCUT2D eigenvalue weighted by atomic mass is 9.49. The molecular weight excluding hydrogens is 788 g/mol. The van der Waals surface area contributed by atoms with Crippen molar-refractivity contribution in [3.05, 3.63) is 123 Å². The summed E-state index contributed by atoms with van der Waals surface area (Å²) in [5.41, 5.74) is 1.56. The zero-order chi connectivity index (χ0) is 40.6. The molecule has 1 aromatic heterocycles. The molecular formula is C41H33Cl2F3N4O7. The number of nitrogens with one attached hydrogen (secondary N) is 1. The molecule has 0 bridgehead atoms. The van der Waals surface area contributed by atoms with Crippen LogP contribution in [0.5, 0.6) is 17.2 Å². The molecule has 4 aromatic rings. The number of nitrogens with zero attached hydrogens (tertiary/aromatic N) is 3. The number of phenols is 1. The van der Waals surface area contributed by atoms with Gasteiger partial charge in [-0.3, -0.25) is 29.5 Å². The van der Waals surface area contributed by atoms with Gasteiger partial charge in [-0.1, -0.05) is 77.3 Å². The van der Waals surface area contributed by atoms with Gasteiger partial charge in [-0.2, -0.15) is 18.2 Å². The first-order valence-electron chi connectivity index (χ1n) is 17.9. The Labute approximate surface area is 333 Å². The van der Waals surface area contributed by atoms with E-state index in [1.54, 1.807) is 24.3 Å². The van der Waals surface area contributed by atoms with Gasteiger partial charge in [-0.05, 0) is 48.1 Å². The van der Waals surface area contributed by atoms with Crippen LogP contribution in [0.15, 0.2) is 90.6 Å². The monoisotopic (exact) mass is 820 g/mol. The number of anilines is 1. The van der Waals surface area contributed by atoms with Crippen LogP contribution in [-0.2, 0) is 37.3 Å². The van der Waals surface area contributed by atoms with E-state index in [2.05, 4.69) is 10.4 Å². The van der Waals surface area contributed by atoms with Crippen molar-refractivity contribution in [3.63, 3.8) is 0 Å². The smallest absolute Gasteiger partial charge is 0.417 e. The highest BCUT2D eigenvalue weighted by Crippen LogP contribution is 2.66. The number of benzene rings is 3. The Morgan fingerprint density at radius 2 is 1.58 bits per heavy atom. The maximum Gasteiger partial charge on any atom is 0.417 e. The molecule has 3 aromatic carbocycles. The van der Waals surface area contributed by atoms with Crippen molar-refractivity contribution in [2.45, 2.75) is 36.9 Å². The van der Waals surface area contributed by atoms with E-state index in [1.165, 1.54) is 31.3 Å². The van der Waals surface area contributed by atoms with E-state index in [0.29, 0.717) is 33.4 Å². The zero-order valence-corrected chi connectivity index (χ0v) is 31.7. The first-order valence-corrected chi connectivity index (χ1v) is 18.6. The van der Waals surface area contributed by atoms with Crippen LogP contribution in [-0.4, -0.2) is 57.8 Å². The predicted molar refractivity (Wildman–Crippen MR) is 200 cm³/mol. The summed E-state index contributed by atoms with van der Waals surface area (Å²) in [5, 5.41) is 11.3. The summed E-state index contributed by atoms with van der Waals surface area (Å²) < 4.78 is 52.3. The Bertz CT molecular complexity index is 2340. The lowest BCUT2D eigenvalue weighted by Gasteiger charge is -2.51. The third-order valence-corrected chi connectivity index (χ3v) is 12.2. The molecule has 57 heavy (non-hydrogen) atoms. The number of hydrazine groups is 1. The number of aromatic nitrogens is 1. The van der Waals surface area contributed by atoms with Gasteiger partial charge in [-0.25, -0.2) is 4.98 Å². The molecule has 2 aliphatic heterocycles. The van der Waals surface area contributed by atoms with E-state index in [4.69, 9.17) is 32.7 Å². The molecule has 4 amide bonds. The van der Waals surface area contributed by atoms with E-state index in [9.17, 15) is 32.7 Å². The maximum atomic E-state index is 15.5. The van der Waals surface area contributed by atoms with Crippen LogP contribution < -0.4 is 14.9 Å². The minimum Gasteiger partial charge on any atom is -0.508 e. The summed E-state index contributed by atoms with van der Waals surface area (Å²) in [6.45, 7) is 0.0464. The zero-order valence-electron chi connectivity index (χ0n) is 30.2. The van der Waals surface area contributed by atoms with Crippen molar-refractivity contribution >= 4 is 52.6 Å². The van der Waals surface area contributed by atoms with Gasteiger partial charge in [0.25, 0.3) is 11.8 Å². The number of amides is 4. The molecule has 3 fully saturated rings. The van der Waals surface area contributed by atoms with E-state index in [-0.39, 0.29) is 48.1 Å². The van der Waals surface area contributed by atoms with Crippen molar-refractivity contribution in [2.24, 2.45) is 23.7 Å². The average molecular weight is 822 g/mol. The molecule has 6 unspecified atom stereocenters. The molecule has 3 heterocycles. The van der Waals surface area contributed by atoms with Crippen molar-refractivity contribution in [1.82, 2.24) is 14.9 Å². The van der Waals surface area contributed by atoms with Gasteiger partial charge in [0, 0.05) is 34.8 Å². The molecule has 2 saturated heterocycles.